The van der Waals surface area contributed by atoms with Gasteiger partial charge < -0.3 is 23.4 Å². The number of rotatable bonds is 9. The van der Waals surface area contributed by atoms with Gasteiger partial charge in [0.15, 0.2) is 17.8 Å². The highest BCUT2D eigenvalue weighted by molar-refractivity contribution is 7.53. The summed E-state index contributed by atoms with van der Waals surface area (Å²) in [6, 6.07) is 15.3. The Morgan fingerprint density at radius 3 is 2.04 bits per heavy atom. The zero-order valence-electron chi connectivity index (χ0n) is 16.0. The maximum absolute atomic E-state index is 12.4. The van der Waals surface area contributed by atoms with Crippen molar-refractivity contribution < 1.29 is 27.9 Å². The Balaban J connectivity index is 1.66. The first-order valence-electron chi connectivity index (χ1n) is 9.23. The molecule has 1 aliphatic heterocycles. The van der Waals surface area contributed by atoms with Crippen LogP contribution in [0, 0.1) is 0 Å². The summed E-state index contributed by atoms with van der Waals surface area (Å²) >= 11 is 0. The Hall–Kier alpha value is -2.34. The average molecular weight is 405 g/mol. The predicted molar refractivity (Wildman–Crippen MR) is 106 cm³/mol. The summed E-state index contributed by atoms with van der Waals surface area (Å²) < 4.78 is 33.8. The fourth-order valence-corrected chi connectivity index (χ4v) is 4.27. The Labute approximate surface area is 164 Å². The average Bonchev–Trinajstić information content (AvgIpc) is 2.70. The van der Waals surface area contributed by atoms with Gasteiger partial charge in [-0.05, 0) is 38.1 Å². The number of hydrogen-bond donors (Lipinski definition) is 0. The smallest absolute Gasteiger partial charge is 0.367 e. The van der Waals surface area contributed by atoms with Crippen LogP contribution in [0.3, 0.4) is 0 Å². The van der Waals surface area contributed by atoms with Crippen LogP contribution in [-0.4, -0.2) is 32.1 Å². The molecule has 3 rings (SSSR count). The number of carbonyl (C=O) groups excluding carboxylic acids is 1. The number of benzene rings is 2. The van der Waals surface area contributed by atoms with Crippen LogP contribution in [0.1, 0.15) is 20.3 Å². The van der Waals surface area contributed by atoms with Gasteiger partial charge in [-0.2, -0.15) is 0 Å². The van der Waals surface area contributed by atoms with Crippen LogP contribution in [0.25, 0.3) is 0 Å². The van der Waals surface area contributed by atoms with Crippen molar-refractivity contribution >= 4 is 24.9 Å². The van der Waals surface area contributed by atoms with Crippen LogP contribution in [-0.2, 0) is 23.1 Å². The molecule has 1 aliphatic rings. The van der Waals surface area contributed by atoms with E-state index in [9.17, 15) is 9.36 Å². The number of hydrogen-bond acceptors (Lipinski definition) is 7. The molecule has 0 spiro atoms. The van der Waals surface area contributed by atoms with Gasteiger partial charge in [0.1, 0.15) is 0 Å². The second-order valence-corrected chi connectivity index (χ2v) is 8.03. The van der Waals surface area contributed by atoms with Crippen LogP contribution < -0.4 is 9.64 Å². The molecule has 0 fully saturated rings. The lowest BCUT2D eigenvalue weighted by molar-refractivity contribution is -0.141. The van der Waals surface area contributed by atoms with Gasteiger partial charge in [-0.15, -0.1) is 0 Å². The third-order valence-corrected chi connectivity index (χ3v) is 5.86. The minimum atomic E-state index is -3.41. The topological polar surface area (TPSA) is 74.3 Å². The molecule has 0 radical (unpaired) electrons. The molecule has 1 heterocycles. The predicted octanol–water partition coefficient (Wildman–Crippen LogP) is 5.09. The molecule has 0 saturated carbocycles. The standard InChI is InChI=1S/C20H24NO6P/c1-3-25-28(23,26-4-2)15-24-20(22)13-14-21-16-9-5-7-11-18(16)27-19-12-8-6-10-17(19)21/h5-12H,3-4,13-15H2,1-2H3. The molecule has 28 heavy (non-hydrogen) atoms. The minimum absolute atomic E-state index is 0.112. The van der Waals surface area contributed by atoms with Crippen LogP contribution in [0.4, 0.5) is 11.4 Å². The van der Waals surface area contributed by atoms with E-state index in [1.807, 2.05) is 53.4 Å². The normalized spacial score (nSPS) is 12.7. The largest absolute Gasteiger partial charge is 0.453 e. The summed E-state index contributed by atoms with van der Waals surface area (Å²) in [5.74, 6) is 0.986. The monoisotopic (exact) mass is 405 g/mol. The van der Waals surface area contributed by atoms with Crippen LogP contribution >= 0.6 is 7.60 Å². The summed E-state index contributed by atoms with van der Waals surface area (Å²) in [5.41, 5.74) is 1.76. The Kier molecular flexibility index (Phi) is 6.73. The number of ether oxygens (including phenoxy) is 2. The first kappa shape index (κ1) is 20.4. The van der Waals surface area contributed by atoms with E-state index in [-0.39, 0.29) is 26.0 Å². The SMILES string of the molecule is CCOP(=O)(COC(=O)CCN1c2ccccc2Oc2ccccc21)OCC. The summed E-state index contributed by atoms with van der Waals surface area (Å²) in [6.07, 6.45) is -0.273. The number of fused-ring (bicyclic) bond motifs is 2. The Bertz CT molecular complexity index is 816. The number of nitrogens with zero attached hydrogens (tertiary/aromatic N) is 1. The highest BCUT2D eigenvalue weighted by Gasteiger charge is 2.27. The van der Waals surface area contributed by atoms with Gasteiger partial charge in [-0.3, -0.25) is 9.36 Å². The van der Waals surface area contributed by atoms with Gasteiger partial charge >= 0.3 is 13.6 Å². The minimum Gasteiger partial charge on any atom is -0.453 e. The van der Waals surface area contributed by atoms with Crippen molar-refractivity contribution in [2.75, 3.05) is 31.0 Å². The van der Waals surface area contributed by atoms with E-state index in [2.05, 4.69) is 0 Å². The third-order valence-electron chi connectivity index (χ3n) is 4.11. The van der Waals surface area contributed by atoms with E-state index >= 15 is 0 Å². The molecular weight excluding hydrogens is 381 g/mol. The second kappa shape index (κ2) is 9.24. The molecule has 0 amide bonds. The molecule has 2 aromatic rings. The number of anilines is 2. The number of esters is 1. The van der Waals surface area contributed by atoms with Crippen molar-refractivity contribution in [3.05, 3.63) is 48.5 Å². The van der Waals surface area contributed by atoms with Gasteiger partial charge in [0.05, 0.1) is 31.0 Å². The highest BCUT2D eigenvalue weighted by Crippen LogP contribution is 2.48. The lowest BCUT2D eigenvalue weighted by atomic mass is 10.1. The van der Waals surface area contributed by atoms with E-state index in [0.29, 0.717) is 6.54 Å². The van der Waals surface area contributed by atoms with E-state index < -0.39 is 13.6 Å². The van der Waals surface area contributed by atoms with Crippen molar-refractivity contribution in [2.45, 2.75) is 20.3 Å². The molecule has 0 bridgehead atoms. The lowest BCUT2D eigenvalue weighted by Gasteiger charge is -2.32. The maximum Gasteiger partial charge on any atom is 0.367 e. The summed E-state index contributed by atoms with van der Waals surface area (Å²) in [7, 11) is -3.41. The fraction of sp³-hybridized carbons (Fsp3) is 0.350. The van der Waals surface area contributed by atoms with E-state index in [0.717, 1.165) is 22.9 Å². The first-order chi connectivity index (χ1) is 13.6. The van der Waals surface area contributed by atoms with Gasteiger partial charge in [-0.25, -0.2) is 0 Å². The number of para-hydroxylation sites is 4. The fourth-order valence-electron chi connectivity index (χ4n) is 2.95. The van der Waals surface area contributed by atoms with Gasteiger partial charge in [-0.1, -0.05) is 24.3 Å². The molecule has 0 aromatic heterocycles. The van der Waals surface area contributed by atoms with Gasteiger partial charge in [0, 0.05) is 6.54 Å². The molecule has 2 aromatic carbocycles. The lowest BCUT2D eigenvalue weighted by Crippen LogP contribution is -2.25. The summed E-state index contributed by atoms with van der Waals surface area (Å²) in [6.45, 7) is 4.25. The van der Waals surface area contributed by atoms with Crippen molar-refractivity contribution in [3.63, 3.8) is 0 Å². The van der Waals surface area contributed by atoms with Crippen LogP contribution in [0.5, 0.6) is 11.5 Å². The van der Waals surface area contributed by atoms with Gasteiger partial charge in [0.2, 0.25) is 0 Å². The van der Waals surface area contributed by atoms with Crippen LogP contribution in [0.2, 0.25) is 0 Å². The van der Waals surface area contributed by atoms with E-state index in [1.165, 1.54) is 0 Å². The number of carbonyl (C=O) groups is 1. The van der Waals surface area contributed by atoms with Crippen molar-refractivity contribution in [1.29, 1.82) is 0 Å². The Morgan fingerprint density at radius 2 is 1.50 bits per heavy atom. The zero-order chi connectivity index (χ0) is 20.0. The highest BCUT2D eigenvalue weighted by atomic mass is 31.2. The molecule has 0 saturated heterocycles. The molecule has 0 N–H and O–H groups in total. The van der Waals surface area contributed by atoms with Gasteiger partial charge in [0.25, 0.3) is 0 Å². The molecule has 150 valence electrons. The molecule has 0 unspecified atom stereocenters. The third kappa shape index (κ3) is 4.73. The summed E-state index contributed by atoms with van der Waals surface area (Å²) in [5, 5.41) is 0. The molecule has 8 heteroatoms. The van der Waals surface area contributed by atoms with E-state index in [4.69, 9.17) is 18.5 Å². The Morgan fingerprint density at radius 1 is 0.964 bits per heavy atom. The molecule has 0 atom stereocenters. The van der Waals surface area contributed by atoms with Crippen molar-refractivity contribution in [2.24, 2.45) is 0 Å². The molecule has 7 nitrogen and oxygen atoms in total. The van der Waals surface area contributed by atoms with E-state index in [1.54, 1.807) is 13.8 Å². The second-order valence-electron chi connectivity index (χ2n) is 6.03. The molecular formula is C20H24NO6P. The van der Waals surface area contributed by atoms with Crippen molar-refractivity contribution in [3.8, 4) is 11.5 Å². The maximum atomic E-state index is 12.4. The van der Waals surface area contributed by atoms with Crippen molar-refractivity contribution in [1.82, 2.24) is 0 Å². The zero-order valence-corrected chi connectivity index (χ0v) is 16.9. The first-order valence-corrected chi connectivity index (χ1v) is 11.0. The quantitative estimate of drug-likeness (QED) is 0.425. The summed E-state index contributed by atoms with van der Waals surface area (Å²) in [4.78, 5) is 14.3. The van der Waals surface area contributed by atoms with Crippen LogP contribution in [0.15, 0.2) is 48.5 Å². The molecule has 0 aliphatic carbocycles.